The number of hydrogen-bond acceptors (Lipinski definition) is 5. The van der Waals surface area contributed by atoms with Gasteiger partial charge in [-0.05, 0) is 29.0 Å². The molecule has 0 amide bonds. The van der Waals surface area contributed by atoms with Gasteiger partial charge in [-0.3, -0.25) is 0 Å². The summed E-state index contributed by atoms with van der Waals surface area (Å²) in [6.07, 6.45) is 1.07. The zero-order valence-electron chi connectivity index (χ0n) is 18.5. The Bertz CT molecular complexity index is 1390. The van der Waals surface area contributed by atoms with E-state index in [1.54, 1.807) is 41.3 Å². The van der Waals surface area contributed by atoms with Gasteiger partial charge in [-0.25, -0.2) is 25.5 Å². The van der Waals surface area contributed by atoms with E-state index in [9.17, 15) is 16.8 Å². The van der Waals surface area contributed by atoms with Crippen LogP contribution in [0.1, 0.15) is 5.56 Å². The van der Waals surface area contributed by atoms with Crippen LogP contribution in [0.2, 0.25) is 0 Å². The highest BCUT2D eigenvalue weighted by Gasteiger charge is 2.30. The molecule has 0 atom stereocenters. The van der Waals surface area contributed by atoms with Crippen molar-refractivity contribution in [1.82, 2.24) is 8.61 Å². The minimum atomic E-state index is -3.67. The quantitative estimate of drug-likeness (QED) is 0.530. The summed E-state index contributed by atoms with van der Waals surface area (Å²) in [7, 11) is -5.71. The highest BCUT2D eigenvalue weighted by Crippen LogP contribution is 2.27. The summed E-state index contributed by atoms with van der Waals surface area (Å²) in [5, 5.41) is 1.83. The maximum Gasteiger partial charge on any atom is 0.243 e. The van der Waals surface area contributed by atoms with Gasteiger partial charge in [0, 0.05) is 45.3 Å². The van der Waals surface area contributed by atoms with E-state index in [-0.39, 0.29) is 30.1 Å². The van der Waals surface area contributed by atoms with Gasteiger partial charge in [-0.1, -0.05) is 42.5 Å². The summed E-state index contributed by atoms with van der Waals surface area (Å²) >= 11 is 0. The maximum atomic E-state index is 15.2. The van der Waals surface area contributed by atoms with Crippen molar-refractivity contribution in [2.24, 2.45) is 0 Å². The fraction of sp³-hybridized carbons (Fsp3) is 0.304. The number of rotatable bonds is 6. The van der Waals surface area contributed by atoms with Gasteiger partial charge in [-0.15, -0.1) is 0 Å². The van der Waals surface area contributed by atoms with Crippen LogP contribution in [-0.4, -0.2) is 64.9 Å². The lowest BCUT2D eigenvalue weighted by molar-refractivity contribution is 0.382. The normalized spacial score (nSPS) is 15.9. The summed E-state index contributed by atoms with van der Waals surface area (Å²) in [4.78, 5) is 2.04. The van der Waals surface area contributed by atoms with Crippen molar-refractivity contribution in [2.45, 2.75) is 11.4 Å². The number of halogens is 1. The lowest BCUT2D eigenvalue weighted by atomic mass is 10.1. The van der Waals surface area contributed by atoms with Crippen LogP contribution in [0, 0.1) is 5.82 Å². The fourth-order valence-electron chi connectivity index (χ4n) is 3.94. The summed E-state index contributed by atoms with van der Waals surface area (Å²) in [6, 6.07) is 17.5. The molecule has 0 aliphatic carbocycles. The molecule has 7 nitrogen and oxygen atoms in total. The molecule has 0 bridgehead atoms. The van der Waals surface area contributed by atoms with Crippen molar-refractivity contribution in [2.75, 3.05) is 44.4 Å². The van der Waals surface area contributed by atoms with Crippen LogP contribution < -0.4 is 4.90 Å². The molecule has 4 rings (SSSR count). The van der Waals surface area contributed by atoms with E-state index in [1.165, 1.54) is 11.4 Å². The number of fused-ring (bicyclic) bond motifs is 1. The zero-order valence-corrected chi connectivity index (χ0v) is 20.1. The minimum Gasteiger partial charge on any atom is -0.367 e. The van der Waals surface area contributed by atoms with Crippen LogP contribution in [0.5, 0.6) is 0 Å². The first-order valence-electron chi connectivity index (χ1n) is 10.5. The van der Waals surface area contributed by atoms with Crippen LogP contribution in [-0.2, 0) is 26.6 Å². The monoisotopic (exact) mass is 491 g/mol. The summed E-state index contributed by atoms with van der Waals surface area (Å²) in [5.41, 5.74) is 0.615. The van der Waals surface area contributed by atoms with Gasteiger partial charge in [0.15, 0.2) is 5.82 Å². The number of sulfonamides is 2. The molecule has 176 valence electrons. The molecule has 0 saturated carbocycles. The van der Waals surface area contributed by atoms with Crippen molar-refractivity contribution < 1.29 is 21.2 Å². The molecule has 33 heavy (non-hydrogen) atoms. The second kappa shape index (κ2) is 9.02. The average Bonchev–Trinajstić information content (AvgIpc) is 2.79. The number of hydrogen-bond donors (Lipinski definition) is 0. The third kappa shape index (κ3) is 4.89. The van der Waals surface area contributed by atoms with Gasteiger partial charge < -0.3 is 4.90 Å². The van der Waals surface area contributed by atoms with Gasteiger partial charge >= 0.3 is 0 Å². The summed E-state index contributed by atoms with van der Waals surface area (Å²) in [5.74, 6) is -0.487. The predicted octanol–water partition coefficient (Wildman–Crippen LogP) is 2.88. The highest BCUT2D eigenvalue weighted by molar-refractivity contribution is 7.89. The first-order valence-corrected chi connectivity index (χ1v) is 13.8. The van der Waals surface area contributed by atoms with E-state index in [0.717, 1.165) is 21.3 Å². The van der Waals surface area contributed by atoms with E-state index in [0.29, 0.717) is 18.8 Å². The molecule has 1 heterocycles. The maximum absolute atomic E-state index is 15.2. The third-order valence-corrected chi connectivity index (χ3v) is 9.11. The molecule has 0 aromatic heterocycles. The van der Waals surface area contributed by atoms with Crippen LogP contribution in [0.25, 0.3) is 10.8 Å². The molecule has 0 spiro atoms. The fourth-order valence-corrected chi connectivity index (χ4v) is 5.77. The second-order valence-electron chi connectivity index (χ2n) is 8.17. The standard InChI is InChI=1S/C23H26FN3O4S2/c1-25(32(2,28)29)17-20-8-5-9-22(23(20)24)26-12-14-27(15-13-26)33(30,31)21-11-10-18-6-3-4-7-19(18)16-21/h3-11,16H,12-15,17H2,1-2H3. The topological polar surface area (TPSA) is 78.0 Å². The van der Waals surface area contributed by atoms with E-state index >= 15 is 4.39 Å². The minimum absolute atomic E-state index is 0.0746. The predicted molar refractivity (Wildman–Crippen MR) is 128 cm³/mol. The van der Waals surface area contributed by atoms with Gasteiger partial charge in [0.2, 0.25) is 20.0 Å². The van der Waals surface area contributed by atoms with Crippen molar-refractivity contribution in [3.8, 4) is 0 Å². The molecule has 1 aliphatic heterocycles. The van der Waals surface area contributed by atoms with Crippen LogP contribution in [0.15, 0.2) is 65.6 Å². The number of benzene rings is 3. The lowest BCUT2D eigenvalue weighted by Crippen LogP contribution is -2.49. The molecule has 0 radical (unpaired) electrons. The first-order chi connectivity index (χ1) is 15.6. The molecule has 3 aromatic rings. The van der Waals surface area contributed by atoms with Crippen molar-refractivity contribution in [1.29, 1.82) is 0 Å². The number of piperazine rings is 1. The summed E-state index contributed by atoms with van der Waals surface area (Å²) in [6.45, 7) is 1.03. The Hall–Kier alpha value is -2.53. The SMILES string of the molecule is CN(Cc1cccc(N2CCN(S(=O)(=O)c3ccc4ccccc4c3)CC2)c1F)S(C)(=O)=O. The van der Waals surface area contributed by atoms with Crippen LogP contribution in [0.3, 0.4) is 0 Å². The molecule has 1 aliphatic rings. The number of nitrogens with zero attached hydrogens (tertiary/aromatic N) is 3. The lowest BCUT2D eigenvalue weighted by Gasteiger charge is -2.35. The average molecular weight is 492 g/mol. The van der Waals surface area contributed by atoms with Gasteiger partial charge in [0.1, 0.15) is 0 Å². The van der Waals surface area contributed by atoms with Crippen molar-refractivity contribution in [3.63, 3.8) is 0 Å². The first kappa shape index (κ1) is 23.6. The Kier molecular flexibility index (Phi) is 6.45. The Balaban J connectivity index is 1.50. The number of anilines is 1. The zero-order chi connectivity index (χ0) is 23.8. The molecular formula is C23H26FN3O4S2. The summed E-state index contributed by atoms with van der Waals surface area (Å²) < 4.78 is 67.4. The van der Waals surface area contributed by atoms with Crippen molar-refractivity contribution in [3.05, 3.63) is 72.0 Å². The molecule has 0 N–H and O–H groups in total. The largest absolute Gasteiger partial charge is 0.367 e. The van der Waals surface area contributed by atoms with E-state index in [2.05, 4.69) is 0 Å². The molecule has 0 unspecified atom stereocenters. The van der Waals surface area contributed by atoms with Gasteiger partial charge in [0.25, 0.3) is 0 Å². The molecule has 3 aromatic carbocycles. The molecule has 10 heteroatoms. The molecule has 1 fully saturated rings. The van der Waals surface area contributed by atoms with Crippen LogP contribution >= 0.6 is 0 Å². The smallest absolute Gasteiger partial charge is 0.243 e. The van der Waals surface area contributed by atoms with E-state index in [4.69, 9.17) is 0 Å². The second-order valence-corrected chi connectivity index (χ2v) is 12.2. The molecule has 1 saturated heterocycles. The Morgan fingerprint density at radius 3 is 2.21 bits per heavy atom. The third-order valence-electron chi connectivity index (χ3n) is 5.96. The van der Waals surface area contributed by atoms with E-state index in [1.807, 2.05) is 24.3 Å². The van der Waals surface area contributed by atoms with Crippen molar-refractivity contribution >= 4 is 36.5 Å². The van der Waals surface area contributed by atoms with Gasteiger partial charge in [0.05, 0.1) is 16.8 Å². The molecular weight excluding hydrogens is 465 g/mol. The van der Waals surface area contributed by atoms with Gasteiger partial charge in [-0.2, -0.15) is 4.31 Å². The Morgan fingerprint density at radius 2 is 1.55 bits per heavy atom. The highest BCUT2D eigenvalue weighted by atomic mass is 32.2. The Labute approximate surface area is 194 Å². The Morgan fingerprint density at radius 1 is 0.879 bits per heavy atom. The van der Waals surface area contributed by atoms with E-state index < -0.39 is 25.9 Å². The van der Waals surface area contributed by atoms with Crippen LogP contribution in [0.4, 0.5) is 10.1 Å².